The van der Waals surface area contributed by atoms with Gasteiger partial charge in [-0.05, 0) is 17.7 Å². The summed E-state index contributed by atoms with van der Waals surface area (Å²) in [5, 5.41) is 0.382. The Labute approximate surface area is 117 Å². The van der Waals surface area contributed by atoms with Gasteiger partial charge in [0.2, 0.25) is 0 Å². The number of hydrogen-bond donors (Lipinski definition) is 0. The summed E-state index contributed by atoms with van der Waals surface area (Å²) in [6.45, 7) is 0.698. The van der Waals surface area contributed by atoms with Crippen LogP contribution in [0.4, 0.5) is 0 Å². The van der Waals surface area contributed by atoms with E-state index in [1.165, 1.54) is 11.9 Å². The van der Waals surface area contributed by atoms with E-state index in [1.807, 2.05) is 16.7 Å². The summed E-state index contributed by atoms with van der Waals surface area (Å²) in [4.78, 5) is 12.4. The molecule has 4 nitrogen and oxygen atoms in total. The number of fused-ring (bicyclic) bond motifs is 1. The van der Waals surface area contributed by atoms with E-state index in [9.17, 15) is 0 Å². The Bertz CT molecular complexity index is 710. The molecule has 3 rings (SSSR count). The van der Waals surface area contributed by atoms with Crippen molar-refractivity contribution in [3.8, 4) is 0 Å². The highest BCUT2D eigenvalue weighted by Crippen LogP contribution is 2.19. The second-order valence-electron chi connectivity index (χ2n) is 3.84. The molecule has 0 bridgehead atoms. The molecule has 0 N–H and O–H groups in total. The van der Waals surface area contributed by atoms with E-state index in [0.717, 1.165) is 10.1 Å². The van der Waals surface area contributed by atoms with E-state index < -0.39 is 0 Å². The first-order chi connectivity index (χ1) is 8.74. The number of hydrogen-bond acceptors (Lipinski definition) is 3. The van der Waals surface area contributed by atoms with Crippen molar-refractivity contribution >= 4 is 38.7 Å². The first-order valence-electron chi connectivity index (χ1n) is 5.30. The molecule has 90 valence electrons. The van der Waals surface area contributed by atoms with Crippen LogP contribution in [0.5, 0.6) is 0 Å². The lowest BCUT2D eigenvalue weighted by Gasteiger charge is -2.04. The third-order valence-corrected chi connectivity index (χ3v) is 3.37. The first kappa shape index (κ1) is 11.6. The predicted octanol–water partition coefficient (Wildman–Crippen LogP) is 3.29. The average Bonchev–Trinajstić information content (AvgIpc) is 2.74. The van der Waals surface area contributed by atoms with Crippen molar-refractivity contribution in [2.45, 2.75) is 6.54 Å². The zero-order valence-electron chi connectivity index (χ0n) is 9.22. The molecule has 0 fully saturated rings. The van der Waals surface area contributed by atoms with Gasteiger partial charge in [-0.2, -0.15) is 0 Å². The molecule has 1 aromatic carbocycles. The highest BCUT2D eigenvalue weighted by Gasteiger charge is 2.08. The van der Waals surface area contributed by atoms with Crippen LogP contribution in [0, 0.1) is 0 Å². The van der Waals surface area contributed by atoms with Gasteiger partial charge >= 0.3 is 0 Å². The van der Waals surface area contributed by atoms with E-state index in [1.54, 1.807) is 6.33 Å². The summed E-state index contributed by atoms with van der Waals surface area (Å²) in [5.74, 6) is 0. The molecule has 3 aromatic rings. The largest absolute Gasteiger partial charge is 0.311 e. The van der Waals surface area contributed by atoms with Crippen LogP contribution in [0.1, 0.15) is 5.56 Å². The van der Waals surface area contributed by atoms with Gasteiger partial charge in [-0.1, -0.05) is 39.7 Å². The van der Waals surface area contributed by atoms with E-state index >= 15 is 0 Å². The van der Waals surface area contributed by atoms with Crippen LogP contribution >= 0.6 is 27.5 Å². The Morgan fingerprint density at radius 3 is 2.94 bits per heavy atom. The Kier molecular flexibility index (Phi) is 3.01. The molecule has 0 saturated carbocycles. The molecule has 18 heavy (non-hydrogen) atoms. The van der Waals surface area contributed by atoms with Gasteiger partial charge in [0.05, 0.1) is 12.9 Å². The zero-order valence-corrected chi connectivity index (χ0v) is 11.6. The molecule has 0 aliphatic rings. The van der Waals surface area contributed by atoms with Gasteiger partial charge in [0.15, 0.2) is 10.8 Å². The molecule has 0 radical (unpaired) electrons. The Morgan fingerprint density at radius 1 is 1.22 bits per heavy atom. The molecule has 0 aliphatic carbocycles. The summed E-state index contributed by atoms with van der Waals surface area (Å²) in [5.41, 5.74) is 2.54. The minimum absolute atomic E-state index is 0.382. The van der Waals surface area contributed by atoms with Crippen LogP contribution in [-0.2, 0) is 6.54 Å². The zero-order chi connectivity index (χ0) is 12.5. The van der Waals surface area contributed by atoms with E-state index in [0.29, 0.717) is 17.2 Å². The summed E-state index contributed by atoms with van der Waals surface area (Å²) in [6.07, 6.45) is 3.18. The summed E-state index contributed by atoms with van der Waals surface area (Å²) < 4.78 is 3.00. The number of benzene rings is 1. The average molecular weight is 324 g/mol. The maximum atomic E-state index is 5.96. The fourth-order valence-corrected chi connectivity index (χ4v) is 2.42. The maximum Gasteiger partial charge on any atom is 0.165 e. The smallest absolute Gasteiger partial charge is 0.165 e. The molecule has 0 saturated heterocycles. The third kappa shape index (κ3) is 2.11. The van der Waals surface area contributed by atoms with Gasteiger partial charge in [0.25, 0.3) is 0 Å². The highest BCUT2D eigenvalue weighted by molar-refractivity contribution is 9.10. The van der Waals surface area contributed by atoms with Crippen molar-refractivity contribution in [3.63, 3.8) is 0 Å². The van der Waals surface area contributed by atoms with Crippen LogP contribution in [0.25, 0.3) is 11.2 Å². The normalized spacial score (nSPS) is 11.0. The van der Waals surface area contributed by atoms with Crippen molar-refractivity contribution in [2.75, 3.05) is 0 Å². The topological polar surface area (TPSA) is 43.6 Å². The maximum absolute atomic E-state index is 5.96. The minimum atomic E-state index is 0.382. The molecule has 2 aromatic heterocycles. The third-order valence-electron chi connectivity index (χ3n) is 2.60. The lowest BCUT2D eigenvalue weighted by Crippen LogP contribution is -1.99. The molecule has 0 aliphatic heterocycles. The molecule has 0 spiro atoms. The number of nitrogens with zero attached hydrogens (tertiary/aromatic N) is 4. The van der Waals surface area contributed by atoms with Crippen molar-refractivity contribution in [2.24, 2.45) is 0 Å². The van der Waals surface area contributed by atoms with E-state index in [2.05, 4.69) is 43.0 Å². The van der Waals surface area contributed by atoms with E-state index in [4.69, 9.17) is 11.6 Å². The van der Waals surface area contributed by atoms with Gasteiger partial charge in [-0.25, -0.2) is 15.0 Å². The molecule has 6 heteroatoms. The van der Waals surface area contributed by atoms with Crippen LogP contribution in [-0.4, -0.2) is 19.5 Å². The van der Waals surface area contributed by atoms with Gasteiger partial charge in [-0.15, -0.1) is 0 Å². The lowest BCUT2D eigenvalue weighted by molar-refractivity contribution is 0.812. The first-order valence-corrected chi connectivity index (χ1v) is 6.47. The fourth-order valence-electron chi connectivity index (χ4n) is 1.80. The van der Waals surface area contributed by atoms with Crippen LogP contribution in [0.15, 0.2) is 41.4 Å². The summed E-state index contributed by atoms with van der Waals surface area (Å²) >= 11 is 9.42. The molecular weight excluding hydrogens is 316 g/mol. The predicted molar refractivity (Wildman–Crippen MR) is 73.6 cm³/mol. The number of halogens is 2. The summed E-state index contributed by atoms with van der Waals surface area (Å²) in [7, 11) is 0. The van der Waals surface area contributed by atoms with Crippen LogP contribution in [0.2, 0.25) is 5.15 Å². The van der Waals surface area contributed by atoms with Crippen LogP contribution in [0.3, 0.4) is 0 Å². The highest BCUT2D eigenvalue weighted by atomic mass is 79.9. The molecule has 0 unspecified atom stereocenters. The number of aromatic nitrogens is 4. The van der Waals surface area contributed by atoms with Gasteiger partial charge < -0.3 is 4.57 Å². The standard InChI is InChI=1S/C12H8BrClN4/c13-9-3-1-2-8(4-9)5-18-7-17-10-11(14)15-6-16-12(10)18/h1-4,6-7H,5H2. The number of imidazole rings is 1. The monoisotopic (exact) mass is 322 g/mol. The van der Waals surface area contributed by atoms with Crippen molar-refractivity contribution in [1.29, 1.82) is 0 Å². The van der Waals surface area contributed by atoms with Gasteiger partial charge in [-0.3, -0.25) is 0 Å². The second kappa shape index (κ2) is 4.66. The Hall–Kier alpha value is -1.46. The lowest BCUT2D eigenvalue weighted by atomic mass is 10.2. The molecule has 0 atom stereocenters. The van der Waals surface area contributed by atoms with Crippen LogP contribution < -0.4 is 0 Å². The van der Waals surface area contributed by atoms with Crippen molar-refractivity contribution < 1.29 is 0 Å². The quantitative estimate of drug-likeness (QED) is 0.680. The van der Waals surface area contributed by atoms with Crippen molar-refractivity contribution in [3.05, 3.63) is 52.1 Å². The Balaban J connectivity index is 2.03. The second-order valence-corrected chi connectivity index (χ2v) is 5.11. The van der Waals surface area contributed by atoms with Gasteiger partial charge in [0.1, 0.15) is 11.8 Å². The number of rotatable bonds is 2. The SMILES string of the molecule is Clc1ncnc2c1ncn2Cc1cccc(Br)c1. The molecule has 0 amide bonds. The molecule has 2 heterocycles. The minimum Gasteiger partial charge on any atom is -0.311 e. The summed E-state index contributed by atoms with van der Waals surface area (Å²) in [6, 6.07) is 8.11. The molecular formula is C12H8BrClN4. The van der Waals surface area contributed by atoms with E-state index in [-0.39, 0.29) is 0 Å². The fraction of sp³-hybridized carbons (Fsp3) is 0.0833. The Morgan fingerprint density at radius 2 is 2.11 bits per heavy atom. The van der Waals surface area contributed by atoms with Crippen molar-refractivity contribution in [1.82, 2.24) is 19.5 Å². The van der Waals surface area contributed by atoms with Gasteiger partial charge in [0, 0.05) is 4.47 Å².